The molecule has 3 rings (SSSR count). The van der Waals surface area contributed by atoms with Gasteiger partial charge in [0.05, 0.1) is 18.8 Å². The van der Waals surface area contributed by atoms with E-state index in [1.54, 1.807) is 6.20 Å². The van der Waals surface area contributed by atoms with E-state index in [1.165, 1.54) is 11.1 Å². The van der Waals surface area contributed by atoms with Gasteiger partial charge in [0.25, 0.3) is 0 Å². The zero-order chi connectivity index (χ0) is 13.1. The minimum Gasteiger partial charge on any atom is -0.493 e. The number of hydrogen-bond acceptors (Lipinski definition) is 4. The molecule has 1 unspecified atom stereocenters. The van der Waals surface area contributed by atoms with Crippen molar-refractivity contribution in [1.82, 2.24) is 15.5 Å². The van der Waals surface area contributed by atoms with Gasteiger partial charge in [0, 0.05) is 12.6 Å². The molecule has 0 amide bonds. The maximum absolute atomic E-state index is 5.56. The maximum atomic E-state index is 5.56. The number of fused-ring (bicyclic) bond motifs is 1. The SMILES string of the molecule is CCNC(c1ccnnc1)c1ccc2c(c1)CCO2. The number of ether oxygens (including phenoxy) is 1. The molecule has 19 heavy (non-hydrogen) atoms. The van der Waals surface area contributed by atoms with Gasteiger partial charge in [-0.1, -0.05) is 19.1 Å². The van der Waals surface area contributed by atoms with Crippen molar-refractivity contribution in [2.24, 2.45) is 0 Å². The maximum Gasteiger partial charge on any atom is 0.122 e. The lowest BCUT2D eigenvalue weighted by molar-refractivity contribution is 0.357. The van der Waals surface area contributed by atoms with Crippen molar-refractivity contribution in [1.29, 1.82) is 0 Å². The van der Waals surface area contributed by atoms with Gasteiger partial charge in [-0.2, -0.15) is 10.2 Å². The highest BCUT2D eigenvalue weighted by Crippen LogP contribution is 2.30. The Morgan fingerprint density at radius 3 is 3.00 bits per heavy atom. The molecule has 1 N–H and O–H groups in total. The van der Waals surface area contributed by atoms with Crippen LogP contribution >= 0.6 is 0 Å². The van der Waals surface area contributed by atoms with Gasteiger partial charge in [0.2, 0.25) is 0 Å². The van der Waals surface area contributed by atoms with Crippen LogP contribution in [0.3, 0.4) is 0 Å². The van der Waals surface area contributed by atoms with Crippen molar-refractivity contribution in [3.63, 3.8) is 0 Å². The van der Waals surface area contributed by atoms with Gasteiger partial charge < -0.3 is 10.1 Å². The smallest absolute Gasteiger partial charge is 0.122 e. The fraction of sp³-hybridized carbons (Fsp3) is 0.333. The molecule has 0 saturated carbocycles. The van der Waals surface area contributed by atoms with Gasteiger partial charge >= 0.3 is 0 Å². The predicted molar refractivity (Wildman–Crippen MR) is 73.2 cm³/mol. The fourth-order valence-electron chi connectivity index (χ4n) is 2.49. The van der Waals surface area contributed by atoms with Crippen LogP contribution < -0.4 is 10.1 Å². The summed E-state index contributed by atoms with van der Waals surface area (Å²) in [6.07, 6.45) is 4.55. The molecule has 1 atom stereocenters. The Morgan fingerprint density at radius 2 is 2.21 bits per heavy atom. The molecular weight excluding hydrogens is 238 g/mol. The minimum absolute atomic E-state index is 0.159. The number of benzene rings is 1. The van der Waals surface area contributed by atoms with Gasteiger partial charge in [0.15, 0.2) is 0 Å². The molecule has 0 fully saturated rings. The molecule has 0 radical (unpaired) electrons. The van der Waals surface area contributed by atoms with Crippen molar-refractivity contribution in [3.8, 4) is 5.75 Å². The topological polar surface area (TPSA) is 47.0 Å². The summed E-state index contributed by atoms with van der Waals surface area (Å²) >= 11 is 0. The first kappa shape index (κ1) is 12.1. The van der Waals surface area contributed by atoms with E-state index < -0.39 is 0 Å². The van der Waals surface area contributed by atoms with E-state index in [0.717, 1.165) is 30.9 Å². The molecule has 1 aromatic heterocycles. The average molecular weight is 255 g/mol. The van der Waals surface area contributed by atoms with E-state index in [1.807, 2.05) is 12.3 Å². The van der Waals surface area contributed by atoms with Gasteiger partial charge in [-0.05, 0) is 35.4 Å². The Balaban J connectivity index is 1.96. The van der Waals surface area contributed by atoms with Crippen LogP contribution in [-0.4, -0.2) is 23.3 Å². The Bertz CT molecular complexity index is 557. The van der Waals surface area contributed by atoms with Gasteiger partial charge in [-0.25, -0.2) is 0 Å². The van der Waals surface area contributed by atoms with Crippen molar-refractivity contribution in [3.05, 3.63) is 53.3 Å². The number of nitrogens with one attached hydrogen (secondary N) is 1. The highest BCUT2D eigenvalue weighted by atomic mass is 16.5. The summed E-state index contributed by atoms with van der Waals surface area (Å²) in [5.41, 5.74) is 3.68. The molecule has 1 aliphatic rings. The first-order chi connectivity index (χ1) is 9.38. The highest BCUT2D eigenvalue weighted by Gasteiger charge is 2.17. The van der Waals surface area contributed by atoms with E-state index in [9.17, 15) is 0 Å². The largest absolute Gasteiger partial charge is 0.493 e. The lowest BCUT2D eigenvalue weighted by Crippen LogP contribution is -2.22. The monoisotopic (exact) mass is 255 g/mol. The summed E-state index contributed by atoms with van der Waals surface area (Å²) in [6.45, 7) is 3.81. The van der Waals surface area contributed by atoms with Gasteiger partial charge in [0.1, 0.15) is 5.75 Å². The second kappa shape index (κ2) is 5.36. The van der Waals surface area contributed by atoms with Crippen LogP contribution in [0.1, 0.15) is 29.7 Å². The first-order valence-electron chi connectivity index (χ1n) is 6.64. The lowest BCUT2D eigenvalue weighted by Gasteiger charge is -2.19. The molecule has 4 heteroatoms. The molecule has 2 aromatic rings. The van der Waals surface area contributed by atoms with Crippen molar-refractivity contribution < 1.29 is 4.74 Å². The van der Waals surface area contributed by atoms with Gasteiger partial charge in [-0.3, -0.25) is 0 Å². The molecule has 0 saturated heterocycles. The van der Waals surface area contributed by atoms with E-state index in [0.29, 0.717) is 0 Å². The zero-order valence-corrected chi connectivity index (χ0v) is 11.0. The summed E-state index contributed by atoms with van der Waals surface area (Å²) in [5, 5.41) is 11.3. The van der Waals surface area contributed by atoms with Crippen molar-refractivity contribution in [2.45, 2.75) is 19.4 Å². The summed E-state index contributed by atoms with van der Waals surface area (Å²) in [5.74, 6) is 1.02. The highest BCUT2D eigenvalue weighted by molar-refractivity contribution is 5.42. The Labute approximate surface area is 112 Å². The molecule has 1 aromatic carbocycles. The quantitative estimate of drug-likeness (QED) is 0.909. The Morgan fingerprint density at radius 1 is 1.26 bits per heavy atom. The first-order valence-corrected chi connectivity index (χ1v) is 6.64. The zero-order valence-electron chi connectivity index (χ0n) is 11.0. The third-order valence-corrected chi connectivity index (χ3v) is 3.40. The molecule has 4 nitrogen and oxygen atoms in total. The number of rotatable bonds is 4. The Kier molecular flexibility index (Phi) is 3.42. The number of hydrogen-bond donors (Lipinski definition) is 1. The summed E-state index contributed by atoms with van der Waals surface area (Å²) < 4.78 is 5.56. The molecule has 0 bridgehead atoms. The van der Waals surface area contributed by atoms with E-state index in [-0.39, 0.29) is 6.04 Å². The van der Waals surface area contributed by atoms with Crippen molar-refractivity contribution >= 4 is 0 Å². The molecular formula is C15H17N3O. The van der Waals surface area contributed by atoms with Crippen LogP contribution in [0.15, 0.2) is 36.7 Å². The van der Waals surface area contributed by atoms with Crippen LogP contribution in [0.25, 0.3) is 0 Å². The summed E-state index contributed by atoms with van der Waals surface area (Å²) in [7, 11) is 0. The normalized spacial score (nSPS) is 14.8. The fourth-order valence-corrected chi connectivity index (χ4v) is 2.49. The second-order valence-electron chi connectivity index (χ2n) is 4.63. The van der Waals surface area contributed by atoms with Crippen LogP contribution in [0, 0.1) is 0 Å². The average Bonchev–Trinajstić information content (AvgIpc) is 2.93. The molecule has 1 aliphatic heterocycles. The predicted octanol–water partition coefficient (Wildman–Crippen LogP) is 2.11. The number of aromatic nitrogens is 2. The summed E-state index contributed by atoms with van der Waals surface area (Å²) in [4.78, 5) is 0. The lowest BCUT2D eigenvalue weighted by atomic mass is 9.98. The van der Waals surface area contributed by atoms with E-state index in [4.69, 9.17) is 4.74 Å². The van der Waals surface area contributed by atoms with Crippen LogP contribution in [-0.2, 0) is 6.42 Å². The Hall–Kier alpha value is -1.94. The standard InChI is InChI=1S/C15H17N3O/c1-2-16-15(13-5-7-17-18-10-13)12-3-4-14-11(9-12)6-8-19-14/h3-5,7,9-10,15-16H,2,6,8H2,1H3. The van der Waals surface area contributed by atoms with Gasteiger partial charge in [-0.15, -0.1) is 0 Å². The van der Waals surface area contributed by atoms with E-state index in [2.05, 4.69) is 40.6 Å². The summed E-state index contributed by atoms with van der Waals surface area (Å²) in [6, 6.07) is 8.58. The third-order valence-electron chi connectivity index (χ3n) is 3.40. The molecule has 2 heterocycles. The third kappa shape index (κ3) is 2.44. The molecule has 0 aliphatic carbocycles. The number of nitrogens with zero attached hydrogens (tertiary/aromatic N) is 2. The van der Waals surface area contributed by atoms with Crippen LogP contribution in [0.4, 0.5) is 0 Å². The van der Waals surface area contributed by atoms with Crippen molar-refractivity contribution in [2.75, 3.05) is 13.2 Å². The minimum atomic E-state index is 0.159. The second-order valence-corrected chi connectivity index (χ2v) is 4.63. The molecule has 0 spiro atoms. The van der Waals surface area contributed by atoms with Crippen LogP contribution in [0.2, 0.25) is 0 Å². The van der Waals surface area contributed by atoms with E-state index >= 15 is 0 Å². The molecule has 98 valence electrons. The van der Waals surface area contributed by atoms with Crippen LogP contribution in [0.5, 0.6) is 5.75 Å².